The zero-order valence-electron chi connectivity index (χ0n) is 10.5. The Morgan fingerprint density at radius 2 is 2.15 bits per heavy atom. The number of halogens is 2. The molecule has 0 amide bonds. The van der Waals surface area contributed by atoms with Crippen LogP contribution in [0.2, 0.25) is 0 Å². The number of aryl methyl sites for hydroxylation is 1. The first kappa shape index (κ1) is 13.3. The molecule has 0 atom stereocenters. The van der Waals surface area contributed by atoms with Gasteiger partial charge in [-0.05, 0) is 52.2 Å². The molecular weight excluding hydrogens is 343 g/mol. The molecule has 0 spiro atoms. The smallest absolute Gasteiger partial charge is 0.186 e. The number of anilines is 1. The first-order valence-electron chi connectivity index (χ1n) is 5.83. The number of nitrogens with zero attached hydrogens (tertiary/aromatic N) is 1. The van der Waals surface area contributed by atoms with Crippen molar-refractivity contribution in [3.8, 4) is 21.8 Å². The summed E-state index contributed by atoms with van der Waals surface area (Å²) in [5, 5.41) is 3.81. The molecule has 3 nitrogen and oxygen atoms in total. The second kappa shape index (κ2) is 5.03. The normalized spacial score (nSPS) is 10.9. The van der Waals surface area contributed by atoms with Crippen molar-refractivity contribution < 1.29 is 8.91 Å². The fourth-order valence-electron chi connectivity index (χ4n) is 1.97. The summed E-state index contributed by atoms with van der Waals surface area (Å²) in [4.78, 5) is 0.901. The highest BCUT2D eigenvalue weighted by atomic mass is 79.9. The van der Waals surface area contributed by atoms with Crippen molar-refractivity contribution in [1.29, 1.82) is 0 Å². The molecule has 2 heterocycles. The molecule has 0 radical (unpaired) electrons. The molecule has 2 aromatic heterocycles. The van der Waals surface area contributed by atoms with Crippen molar-refractivity contribution in [3.05, 3.63) is 45.5 Å². The van der Waals surface area contributed by atoms with E-state index >= 15 is 0 Å². The van der Waals surface area contributed by atoms with Gasteiger partial charge in [0.1, 0.15) is 5.82 Å². The number of thiophene rings is 1. The van der Waals surface area contributed by atoms with Crippen LogP contribution < -0.4 is 5.73 Å². The molecule has 20 heavy (non-hydrogen) atoms. The quantitative estimate of drug-likeness (QED) is 0.716. The lowest BCUT2D eigenvalue weighted by Gasteiger charge is -2.01. The van der Waals surface area contributed by atoms with Gasteiger partial charge < -0.3 is 10.3 Å². The Morgan fingerprint density at radius 1 is 1.35 bits per heavy atom. The van der Waals surface area contributed by atoms with Gasteiger partial charge in [-0.25, -0.2) is 4.39 Å². The van der Waals surface area contributed by atoms with E-state index in [1.165, 1.54) is 23.5 Å². The number of nitrogens with two attached hydrogens (primary N) is 1. The molecule has 0 aliphatic heterocycles. The molecule has 0 saturated carbocycles. The number of hydrogen-bond acceptors (Lipinski definition) is 4. The number of aromatic nitrogens is 1. The topological polar surface area (TPSA) is 52.0 Å². The molecule has 3 aromatic rings. The summed E-state index contributed by atoms with van der Waals surface area (Å²) in [6, 6.07) is 8.21. The van der Waals surface area contributed by atoms with Crippen LogP contribution in [0.1, 0.15) is 5.56 Å². The Morgan fingerprint density at radius 3 is 2.80 bits per heavy atom. The third kappa shape index (κ3) is 2.25. The van der Waals surface area contributed by atoms with Crippen LogP contribution in [0.3, 0.4) is 0 Å². The largest absolute Gasteiger partial charge is 0.380 e. The fourth-order valence-corrected chi connectivity index (χ4v) is 3.48. The van der Waals surface area contributed by atoms with Gasteiger partial charge >= 0.3 is 0 Å². The van der Waals surface area contributed by atoms with Gasteiger partial charge in [0.2, 0.25) is 0 Å². The lowest BCUT2D eigenvalue weighted by molar-refractivity contribution is 0.437. The minimum atomic E-state index is -0.322. The number of nitrogen functional groups attached to an aromatic ring is 1. The second-order valence-corrected chi connectivity index (χ2v) is 6.72. The molecule has 0 unspecified atom stereocenters. The zero-order chi connectivity index (χ0) is 14.3. The highest BCUT2D eigenvalue weighted by molar-refractivity contribution is 9.11. The molecule has 1 aromatic carbocycles. The predicted molar refractivity (Wildman–Crippen MR) is 82.1 cm³/mol. The Hall–Kier alpha value is -1.66. The van der Waals surface area contributed by atoms with Crippen molar-refractivity contribution in [2.45, 2.75) is 6.92 Å². The third-order valence-corrected chi connectivity index (χ3v) is 5.05. The summed E-state index contributed by atoms with van der Waals surface area (Å²) in [5.74, 6) is 0.497. The van der Waals surface area contributed by atoms with E-state index < -0.39 is 0 Å². The summed E-state index contributed by atoms with van der Waals surface area (Å²) in [5.41, 5.74) is 8.25. The van der Waals surface area contributed by atoms with Gasteiger partial charge in [0.05, 0.1) is 14.2 Å². The Balaban J connectivity index is 2.19. The maximum atomic E-state index is 13.4. The van der Waals surface area contributed by atoms with Gasteiger partial charge in [-0.15, -0.1) is 11.3 Å². The van der Waals surface area contributed by atoms with Crippen molar-refractivity contribution >= 4 is 33.1 Å². The van der Waals surface area contributed by atoms with Crippen molar-refractivity contribution in [3.63, 3.8) is 0 Å². The van der Waals surface area contributed by atoms with Gasteiger partial charge in [-0.3, -0.25) is 0 Å². The van der Waals surface area contributed by atoms with Gasteiger partial charge in [-0.1, -0.05) is 17.3 Å². The summed E-state index contributed by atoms with van der Waals surface area (Å²) < 4.78 is 19.8. The predicted octanol–water partition coefficient (Wildman–Crippen LogP) is 4.86. The molecule has 3 rings (SSSR count). The first-order chi connectivity index (χ1) is 9.56. The zero-order valence-corrected chi connectivity index (χ0v) is 12.9. The molecule has 0 aliphatic rings. The van der Waals surface area contributed by atoms with Gasteiger partial charge in [0, 0.05) is 0 Å². The SMILES string of the molecule is Cc1cc(-c2onc(N)c2-c2cccc(F)c2)sc1Br. The highest BCUT2D eigenvalue weighted by Crippen LogP contribution is 2.42. The fraction of sp³-hybridized carbons (Fsp3) is 0.0714. The van der Waals surface area contributed by atoms with Crippen LogP contribution in [-0.4, -0.2) is 5.16 Å². The van der Waals surface area contributed by atoms with Crippen LogP contribution in [0.4, 0.5) is 10.2 Å². The molecule has 102 valence electrons. The van der Waals surface area contributed by atoms with Gasteiger partial charge in [0.15, 0.2) is 11.6 Å². The summed E-state index contributed by atoms with van der Waals surface area (Å²) in [6.07, 6.45) is 0. The summed E-state index contributed by atoms with van der Waals surface area (Å²) >= 11 is 5.01. The third-order valence-electron chi connectivity index (χ3n) is 2.91. The van der Waals surface area contributed by atoms with E-state index in [1.54, 1.807) is 12.1 Å². The number of rotatable bonds is 2. The van der Waals surface area contributed by atoms with Crippen molar-refractivity contribution in [2.24, 2.45) is 0 Å². The van der Waals surface area contributed by atoms with E-state index in [0.717, 1.165) is 14.2 Å². The average molecular weight is 353 g/mol. The monoisotopic (exact) mass is 352 g/mol. The van der Waals surface area contributed by atoms with Gasteiger partial charge in [0.25, 0.3) is 0 Å². The van der Waals surface area contributed by atoms with Crippen LogP contribution in [0.25, 0.3) is 21.8 Å². The van der Waals surface area contributed by atoms with E-state index in [2.05, 4.69) is 21.1 Å². The average Bonchev–Trinajstić information content (AvgIpc) is 2.93. The minimum absolute atomic E-state index is 0.257. The maximum absolute atomic E-state index is 13.4. The molecule has 2 N–H and O–H groups in total. The molecule has 0 aliphatic carbocycles. The maximum Gasteiger partial charge on any atom is 0.186 e. The van der Waals surface area contributed by atoms with E-state index in [1.807, 2.05) is 13.0 Å². The lowest BCUT2D eigenvalue weighted by atomic mass is 10.0. The molecular formula is C14H10BrFN2OS. The van der Waals surface area contributed by atoms with E-state index in [-0.39, 0.29) is 11.6 Å². The van der Waals surface area contributed by atoms with Crippen molar-refractivity contribution in [2.75, 3.05) is 5.73 Å². The molecule has 0 bridgehead atoms. The molecule has 0 saturated heterocycles. The van der Waals surface area contributed by atoms with Crippen LogP contribution in [-0.2, 0) is 0 Å². The number of hydrogen-bond donors (Lipinski definition) is 1. The van der Waals surface area contributed by atoms with E-state index in [9.17, 15) is 4.39 Å². The van der Waals surface area contributed by atoms with Gasteiger partial charge in [-0.2, -0.15) is 0 Å². The Labute approximate surface area is 127 Å². The number of benzene rings is 1. The highest BCUT2D eigenvalue weighted by Gasteiger charge is 2.20. The standard InChI is InChI=1S/C14H10BrFN2OS/c1-7-5-10(20-13(7)15)12-11(14(17)18-19-12)8-3-2-4-9(16)6-8/h2-6H,1H3,(H2,17,18). The molecule has 6 heteroatoms. The molecule has 0 fully saturated rings. The van der Waals surface area contributed by atoms with Crippen LogP contribution in [0.5, 0.6) is 0 Å². The lowest BCUT2D eigenvalue weighted by Crippen LogP contribution is -1.89. The minimum Gasteiger partial charge on any atom is -0.380 e. The Kier molecular flexibility index (Phi) is 3.35. The van der Waals surface area contributed by atoms with E-state index in [4.69, 9.17) is 10.3 Å². The van der Waals surface area contributed by atoms with Crippen LogP contribution >= 0.6 is 27.3 Å². The van der Waals surface area contributed by atoms with Crippen molar-refractivity contribution in [1.82, 2.24) is 5.16 Å². The summed E-state index contributed by atoms with van der Waals surface area (Å²) in [7, 11) is 0. The van der Waals surface area contributed by atoms with Crippen LogP contribution in [0, 0.1) is 12.7 Å². The second-order valence-electron chi connectivity index (χ2n) is 4.35. The first-order valence-corrected chi connectivity index (χ1v) is 7.44. The summed E-state index contributed by atoms with van der Waals surface area (Å²) in [6.45, 7) is 1.99. The van der Waals surface area contributed by atoms with E-state index in [0.29, 0.717) is 16.9 Å². The Bertz CT molecular complexity index is 762. The van der Waals surface area contributed by atoms with Crippen LogP contribution in [0.15, 0.2) is 38.6 Å².